The average molecular weight is 439 g/mol. The Kier molecular flexibility index (Phi) is 4.55. The van der Waals surface area contributed by atoms with Crippen LogP contribution < -0.4 is 9.64 Å². The number of aryl methyl sites for hydroxylation is 1. The summed E-state index contributed by atoms with van der Waals surface area (Å²) < 4.78 is 7.14. The van der Waals surface area contributed by atoms with Crippen LogP contribution in [0.1, 0.15) is 15.9 Å². The molecule has 0 spiro atoms. The molecule has 0 atom stereocenters. The topological polar surface area (TPSA) is 46.6 Å². The number of carbonyl (C=O) groups excluding carboxylic acids is 2. The first-order valence-corrected chi connectivity index (χ1v) is 8.60. The minimum atomic E-state index is -0.522. The highest BCUT2D eigenvalue weighted by atomic mass is 79.9. The van der Waals surface area contributed by atoms with Crippen LogP contribution in [0.4, 0.5) is 5.69 Å². The first-order chi connectivity index (χ1) is 11.0. The van der Waals surface area contributed by atoms with E-state index in [2.05, 4.69) is 31.9 Å². The van der Waals surface area contributed by atoms with Gasteiger partial charge in [-0.05, 0) is 52.7 Å². The van der Waals surface area contributed by atoms with Gasteiger partial charge in [0.2, 0.25) is 0 Å². The fourth-order valence-electron chi connectivity index (χ4n) is 2.53. The van der Waals surface area contributed by atoms with E-state index >= 15 is 0 Å². The summed E-state index contributed by atoms with van der Waals surface area (Å²) in [5, 5.41) is 0. The molecule has 0 fully saturated rings. The van der Waals surface area contributed by atoms with Crippen molar-refractivity contribution in [3.05, 3.63) is 56.5 Å². The van der Waals surface area contributed by atoms with Crippen molar-refractivity contribution in [3.8, 4) is 5.75 Å². The van der Waals surface area contributed by atoms with Gasteiger partial charge in [-0.1, -0.05) is 28.1 Å². The number of benzene rings is 2. The molecule has 3 rings (SSSR count). The summed E-state index contributed by atoms with van der Waals surface area (Å²) in [4.78, 5) is 25.8. The van der Waals surface area contributed by atoms with Crippen LogP contribution >= 0.6 is 31.9 Å². The molecule has 0 N–H and O–H groups in total. The lowest BCUT2D eigenvalue weighted by atomic mass is 10.1. The van der Waals surface area contributed by atoms with E-state index in [0.717, 1.165) is 15.8 Å². The Balaban J connectivity index is 1.77. The molecular weight excluding hydrogens is 426 g/mol. The normalized spacial score (nSPS) is 13.4. The summed E-state index contributed by atoms with van der Waals surface area (Å²) >= 11 is 6.76. The molecule has 0 saturated carbocycles. The summed E-state index contributed by atoms with van der Waals surface area (Å²) in [7, 11) is 0. The molecule has 2 aromatic carbocycles. The molecule has 6 heteroatoms. The van der Waals surface area contributed by atoms with Gasteiger partial charge in [-0.3, -0.25) is 9.59 Å². The SMILES string of the molecule is Cc1cccc(OCCN2C(=O)C(=O)c3cc(Br)cc(Br)c32)c1. The van der Waals surface area contributed by atoms with Crippen LogP contribution in [0.5, 0.6) is 5.75 Å². The van der Waals surface area contributed by atoms with E-state index in [4.69, 9.17) is 4.74 Å². The van der Waals surface area contributed by atoms with Crippen LogP contribution in [0.2, 0.25) is 0 Å². The van der Waals surface area contributed by atoms with Gasteiger partial charge in [-0.2, -0.15) is 0 Å². The van der Waals surface area contributed by atoms with Gasteiger partial charge in [0.05, 0.1) is 17.8 Å². The van der Waals surface area contributed by atoms with E-state index in [1.807, 2.05) is 37.3 Å². The zero-order chi connectivity index (χ0) is 16.6. The van der Waals surface area contributed by atoms with Crippen LogP contribution in [-0.2, 0) is 4.79 Å². The molecular formula is C17H13Br2NO3. The molecule has 0 aliphatic carbocycles. The number of hydrogen-bond acceptors (Lipinski definition) is 3. The molecule has 0 bridgehead atoms. The number of halogens is 2. The lowest BCUT2D eigenvalue weighted by Crippen LogP contribution is -2.33. The van der Waals surface area contributed by atoms with Crippen molar-refractivity contribution in [2.75, 3.05) is 18.1 Å². The largest absolute Gasteiger partial charge is 0.492 e. The molecule has 118 valence electrons. The highest BCUT2D eigenvalue weighted by molar-refractivity contribution is 9.11. The monoisotopic (exact) mass is 437 g/mol. The van der Waals surface area contributed by atoms with Crippen molar-refractivity contribution in [1.82, 2.24) is 0 Å². The Morgan fingerprint density at radius 1 is 1.13 bits per heavy atom. The minimum absolute atomic E-state index is 0.310. The lowest BCUT2D eigenvalue weighted by Gasteiger charge is -2.18. The van der Waals surface area contributed by atoms with E-state index in [-0.39, 0.29) is 0 Å². The second-order valence-electron chi connectivity index (χ2n) is 5.23. The maximum Gasteiger partial charge on any atom is 0.299 e. The zero-order valence-electron chi connectivity index (χ0n) is 12.3. The number of rotatable bonds is 4. The molecule has 0 unspecified atom stereocenters. The third-order valence-electron chi connectivity index (χ3n) is 3.56. The Morgan fingerprint density at radius 3 is 2.65 bits per heavy atom. The molecule has 0 aromatic heterocycles. The number of anilines is 1. The molecule has 1 aliphatic heterocycles. The van der Waals surface area contributed by atoms with Gasteiger partial charge in [-0.25, -0.2) is 0 Å². The number of ketones is 1. The maximum absolute atomic E-state index is 12.2. The van der Waals surface area contributed by atoms with Crippen LogP contribution in [-0.4, -0.2) is 24.8 Å². The fraction of sp³-hybridized carbons (Fsp3) is 0.176. The van der Waals surface area contributed by atoms with Gasteiger partial charge < -0.3 is 9.64 Å². The van der Waals surface area contributed by atoms with Crippen LogP contribution in [0.25, 0.3) is 0 Å². The first-order valence-electron chi connectivity index (χ1n) is 7.02. The van der Waals surface area contributed by atoms with Gasteiger partial charge in [0.1, 0.15) is 12.4 Å². The Morgan fingerprint density at radius 2 is 1.91 bits per heavy atom. The highest BCUT2D eigenvalue weighted by Crippen LogP contribution is 2.38. The molecule has 0 radical (unpaired) electrons. The number of fused-ring (bicyclic) bond motifs is 1. The van der Waals surface area contributed by atoms with Crippen LogP contribution in [0.3, 0.4) is 0 Å². The average Bonchev–Trinajstić information content (AvgIpc) is 2.73. The minimum Gasteiger partial charge on any atom is -0.492 e. The van der Waals surface area contributed by atoms with Crippen molar-refractivity contribution in [1.29, 1.82) is 0 Å². The predicted octanol–water partition coefficient (Wildman–Crippen LogP) is 4.13. The van der Waals surface area contributed by atoms with E-state index in [1.54, 1.807) is 6.07 Å². The summed E-state index contributed by atoms with van der Waals surface area (Å²) in [6.07, 6.45) is 0. The van der Waals surface area contributed by atoms with Gasteiger partial charge in [0.25, 0.3) is 11.7 Å². The number of carbonyl (C=O) groups is 2. The number of hydrogen-bond donors (Lipinski definition) is 0. The van der Waals surface area contributed by atoms with E-state index in [9.17, 15) is 9.59 Å². The molecule has 1 amide bonds. The molecule has 0 saturated heterocycles. The van der Waals surface area contributed by atoms with Crippen LogP contribution in [0.15, 0.2) is 45.3 Å². The smallest absolute Gasteiger partial charge is 0.299 e. The highest BCUT2D eigenvalue weighted by Gasteiger charge is 2.37. The second kappa shape index (κ2) is 6.45. The Labute approximate surface area is 150 Å². The summed E-state index contributed by atoms with van der Waals surface area (Å²) in [6, 6.07) is 11.2. The van der Waals surface area contributed by atoms with Crippen molar-refractivity contribution in [2.24, 2.45) is 0 Å². The Hall–Kier alpha value is -1.66. The van der Waals surface area contributed by atoms with Gasteiger partial charge in [-0.15, -0.1) is 0 Å². The summed E-state index contributed by atoms with van der Waals surface area (Å²) in [5.74, 6) is -0.262. The van der Waals surface area contributed by atoms with Crippen LogP contribution in [0, 0.1) is 6.92 Å². The molecule has 4 nitrogen and oxygen atoms in total. The standard InChI is InChI=1S/C17H13Br2NO3/c1-10-3-2-4-12(7-10)23-6-5-20-15-13(16(21)17(20)22)8-11(18)9-14(15)19/h2-4,7-9H,5-6H2,1H3. The van der Waals surface area contributed by atoms with Gasteiger partial charge in [0.15, 0.2) is 0 Å². The molecule has 1 heterocycles. The van der Waals surface area contributed by atoms with Crippen molar-refractivity contribution < 1.29 is 14.3 Å². The van der Waals surface area contributed by atoms with Gasteiger partial charge >= 0.3 is 0 Å². The molecule has 1 aliphatic rings. The van der Waals surface area contributed by atoms with Gasteiger partial charge in [0, 0.05) is 8.95 Å². The van der Waals surface area contributed by atoms with E-state index in [1.165, 1.54) is 4.90 Å². The Bertz CT molecular complexity index is 804. The molecule has 2 aromatic rings. The first kappa shape index (κ1) is 16.2. The number of Topliss-reactive ketones (excluding diaryl/α,β-unsaturated/α-hetero) is 1. The third kappa shape index (κ3) is 3.19. The maximum atomic E-state index is 12.2. The number of nitrogens with zero attached hydrogens (tertiary/aromatic N) is 1. The van der Waals surface area contributed by atoms with E-state index in [0.29, 0.717) is 28.9 Å². The fourth-order valence-corrected chi connectivity index (χ4v) is 3.97. The molecule has 23 heavy (non-hydrogen) atoms. The van der Waals surface area contributed by atoms with Crippen molar-refractivity contribution in [3.63, 3.8) is 0 Å². The van der Waals surface area contributed by atoms with Crippen molar-refractivity contribution in [2.45, 2.75) is 6.92 Å². The summed E-state index contributed by atoms with van der Waals surface area (Å²) in [6.45, 7) is 2.61. The summed E-state index contributed by atoms with van der Waals surface area (Å²) in [5.41, 5.74) is 2.12. The third-order valence-corrected chi connectivity index (χ3v) is 4.62. The quantitative estimate of drug-likeness (QED) is 0.674. The number of amides is 1. The van der Waals surface area contributed by atoms with E-state index < -0.39 is 11.7 Å². The number of ether oxygens (including phenoxy) is 1. The predicted molar refractivity (Wildman–Crippen MR) is 95.2 cm³/mol. The van der Waals surface area contributed by atoms with Crippen molar-refractivity contribution >= 4 is 49.2 Å². The second-order valence-corrected chi connectivity index (χ2v) is 7.00. The lowest BCUT2D eigenvalue weighted by molar-refractivity contribution is -0.114. The zero-order valence-corrected chi connectivity index (χ0v) is 15.5.